The number of hydroxylamine groups is 2. The Kier molecular flexibility index (Phi) is 4.29. The van der Waals surface area contributed by atoms with Gasteiger partial charge in [-0.25, -0.2) is 0 Å². The molecule has 5 saturated heterocycles. The largest absolute Gasteiger partial charge is 0.504 e. The van der Waals surface area contributed by atoms with E-state index >= 15 is 0 Å². The lowest BCUT2D eigenvalue weighted by Crippen LogP contribution is -2.74. The minimum Gasteiger partial charge on any atom is -0.504 e. The van der Waals surface area contributed by atoms with Crippen molar-refractivity contribution in [2.75, 3.05) is 14.2 Å². The van der Waals surface area contributed by atoms with E-state index in [2.05, 4.69) is 5.32 Å². The molecule has 1 aromatic rings. The molecule has 5 fully saturated rings. The summed E-state index contributed by atoms with van der Waals surface area (Å²) in [6.07, 6.45) is 1.54. The number of phenolic OH excluding ortho intramolecular Hbond substituents is 1. The molecule has 1 aliphatic carbocycles. The lowest BCUT2D eigenvalue weighted by molar-refractivity contribution is -0.281. The zero-order chi connectivity index (χ0) is 22.4. The van der Waals surface area contributed by atoms with Gasteiger partial charge >= 0.3 is 0 Å². The number of carbonyl (C=O) groups excluding carboxylic acids is 2. The van der Waals surface area contributed by atoms with Crippen molar-refractivity contribution >= 4 is 33.4 Å². The molecule has 5 aliphatic heterocycles. The molecule has 7 atom stereocenters. The van der Waals surface area contributed by atoms with Crippen LogP contribution >= 0.6 is 21.6 Å². The molecule has 5 heterocycles. The van der Waals surface area contributed by atoms with Crippen molar-refractivity contribution in [3.05, 3.63) is 29.8 Å². The van der Waals surface area contributed by atoms with Crippen LogP contribution in [0.4, 0.5) is 0 Å². The molecular weight excluding hydrogens is 460 g/mol. The number of aliphatic hydroxyl groups is 1. The maximum absolute atomic E-state index is 13.5. The fraction of sp³-hybridized carbons (Fsp3) is 0.500. The molecule has 0 saturated carbocycles. The number of epoxide rings is 1. The zero-order valence-corrected chi connectivity index (χ0v) is 18.6. The van der Waals surface area contributed by atoms with E-state index in [0.717, 1.165) is 5.06 Å². The van der Waals surface area contributed by atoms with Crippen LogP contribution in [0.1, 0.15) is 17.2 Å². The monoisotopic (exact) mass is 480 g/mol. The number of ether oxygens (including phenoxy) is 3. The topological polar surface area (TPSA) is 130 Å². The van der Waals surface area contributed by atoms with Crippen molar-refractivity contribution in [1.29, 1.82) is 0 Å². The van der Waals surface area contributed by atoms with Gasteiger partial charge in [0.2, 0.25) is 10.6 Å². The summed E-state index contributed by atoms with van der Waals surface area (Å²) in [5, 5.41) is 24.6. The predicted octanol–water partition coefficient (Wildman–Crippen LogP) is 0.641. The molecule has 2 bridgehead atoms. The standard InChI is InChI=1S/C20H20N2O8S2/c1-27-10-5-3-8(13(24)14(10)28-2)15-12-17(25)22-20(32-31-15,18(26)21-12)7-19-11(29-19)6-4-9(23)16(19)30-22/h3-6,9,11-12,15-16,23-24H,7H2,1-2H3,(H,21,26)/t9-,11+,12-,15-,16+,19+,20-/m1/s1. The Morgan fingerprint density at radius 3 is 2.81 bits per heavy atom. The van der Waals surface area contributed by atoms with Gasteiger partial charge in [0.25, 0.3) is 11.8 Å². The van der Waals surface area contributed by atoms with Crippen molar-refractivity contribution in [2.45, 2.75) is 46.5 Å². The molecule has 3 N–H and O–H groups in total. The number of phenols is 1. The molecule has 2 amide bonds. The van der Waals surface area contributed by atoms with E-state index in [9.17, 15) is 19.8 Å². The predicted molar refractivity (Wildman–Crippen MR) is 113 cm³/mol. The number of fused-ring (bicyclic) bond motifs is 3. The van der Waals surface area contributed by atoms with Gasteiger partial charge in [0.15, 0.2) is 11.5 Å². The molecule has 170 valence electrons. The molecule has 0 unspecified atom stereocenters. The lowest BCUT2D eigenvalue weighted by atomic mass is 9.81. The summed E-state index contributed by atoms with van der Waals surface area (Å²) in [5.74, 6) is -0.483. The van der Waals surface area contributed by atoms with E-state index in [1.165, 1.54) is 35.8 Å². The normalized spacial score (nSPS) is 41.2. The van der Waals surface area contributed by atoms with Gasteiger partial charge in [0.1, 0.15) is 30.0 Å². The SMILES string of the molecule is COc1ccc([C@H]2SS[C@@]34C[C@]56O[C@H]5C=C[C@@H](O)[C@@H]6ON3C(=O)[C@@H]2NC4=O)c(O)c1OC. The van der Waals surface area contributed by atoms with Gasteiger partial charge in [0, 0.05) is 12.0 Å². The molecule has 0 aromatic heterocycles. The average molecular weight is 481 g/mol. The molecular formula is C20H20N2O8S2. The number of nitrogens with one attached hydrogen (secondary N) is 1. The number of rotatable bonds is 3. The molecule has 12 heteroatoms. The van der Waals surface area contributed by atoms with Crippen LogP contribution in [0.3, 0.4) is 0 Å². The third-order valence-corrected chi connectivity index (χ3v) is 10.0. The highest BCUT2D eigenvalue weighted by atomic mass is 33.1. The highest BCUT2D eigenvalue weighted by Crippen LogP contribution is 2.64. The second-order valence-electron chi connectivity index (χ2n) is 8.28. The quantitative estimate of drug-likeness (QED) is 0.322. The summed E-state index contributed by atoms with van der Waals surface area (Å²) in [6.45, 7) is 0. The number of aliphatic hydroxyl groups excluding tert-OH is 1. The highest BCUT2D eigenvalue weighted by Gasteiger charge is 2.76. The van der Waals surface area contributed by atoms with Crippen LogP contribution in [-0.2, 0) is 19.2 Å². The van der Waals surface area contributed by atoms with Gasteiger partial charge in [0.05, 0.1) is 19.5 Å². The van der Waals surface area contributed by atoms with Crippen LogP contribution in [0.25, 0.3) is 0 Å². The summed E-state index contributed by atoms with van der Waals surface area (Å²) in [4.78, 5) is 31.5. The molecule has 6 aliphatic rings. The van der Waals surface area contributed by atoms with E-state index in [1.54, 1.807) is 24.3 Å². The van der Waals surface area contributed by atoms with E-state index in [1.807, 2.05) is 0 Å². The Bertz CT molecular complexity index is 1070. The molecule has 10 nitrogen and oxygen atoms in total. The first-order chi connectivity index (χ1) is 15.4. The van der Waals surface area contributed by atoms with E-state index in [0.29, 0.717) is 11.3 Å². The van der Waals surface area contributed by atoms with Crippen LogP contribution in [0.5, 0.6) is 17.2 Å². The smallest absolute Gasteiger partial charge is 0.272 e. The van der Waals surface area contributed by atoms with Crippen LogP contribution in [0, 0.1) is 0 Å². The highest BCUT2D eigenvalue weighted by molar-refractivity contribution is 8.77. The van der Waals surface area contributed by atoms with Crippen LogP contribution in [-0.4, -0.2) is 76.1 Å². The first-order valence-electron chi connectivity index (χ1n) is 10.0. The average Bonchev–Trinajstić information content (AvgIpc) is 3.52. The number of hydrogen-bond donors (Lipinski definition) is 3. The van der Waals surface area contributed by atoms with Gasteiger partial charge in [-0.2, -0.15) is 5.06 Å². The molecule has 32 heavy (non-hydrogen) atoms. The van der Waals surface area contributed by atoms with Crippen molar-refractivity contribution in [1.82, 2.24) is 10.4 Å². The van der Waals surface area contributed by atoms with Gasteiger partial charge in [-0.1, -0.05) is 39.8 Å². The number of aromatic hydroxyl groups is 1. The second kappa shape index (κ2) is 6.70. The summed E-state index contributed by atoms with van der Waals surface area (Å²) in [7, 11) is 5.38. The Morgan fingerprint density at radius 1 is 1.25 bits per heavy atom. The van der Waals surface area contributed by atoms with Crippen molar-refractivity contribution in [3.8, 4) is 17.2 Å². The number of amides is 2. The maximum Gasteiger partial charge on any atom is 0.272 e. The van der Waals surface area contributed by atoms with E-state index in [-0.39, 0.29) is 29.9 Å². The van der Waals surface area contributed by atoms with Crippen molar-refractivity contribution in [3.63, 3.8) is 0 Å². The molecule has 2 spiro atoms. The van der Waals surface area contributed by atoms with Crippen molar-refractivity contribution in [2.24, 2.45) is 0 Å². The summed E-state index contributed by atoms with van der Waals surface area (Å²) in [5.41, 5.74) is -0.429. The lowest BCUT2D eigenvalue weighted by Gasteiger charge is -2.51. The van der Waals surface area contributed by atoms with E-state index in [4.69, 9.17) is 19.0 Å². The van der Waals surface area contributed by atoms with Crippen LogP contribution in [0.15, 0.2) is 24.3 Å². The maximum atomic E-state index is 13.5. The summed E-state index contributed by atoms with van der Waals surface area (Å²) >= 11 is 0. The zero-order valence-electron chi connectivity index (χ0n) is 17.0. The number of nitrogens with zero attached hydrogens (tertiary/aromatic N) is 1. The Labute approximate surface area is 190 Å². The minimum absolute atomic E-state index is 0.147. The van der Waals surface area contributed by atoms with Crippen LogP contribution in [0.2, 0.25) is 0 Å². The third kappa shape index (κ3) is 2.44. The van der Waals surface area contributed by atoms with E-state index < -0.39 is 39.9 Å². The van der Waals surface area contributed by atoms with Crippen molar-refractivity contribution < 1.29 is 38.9 Å². The first kappa shape index (κ1) is 20.5. The fourth-order valence-corrected chi connectivity index (χ4v) is 8.51. The number of piperazine rings is 1. The number of hydrogen-bond acceptors (Lipinski definition) is 10. The number of methoxy groups -OCH3 is 2. The van der Waals surface area contributed by atoms with Gasteiger partial charge in [-0.15, -0.1) is 0 Å². The van der Waals surface area contributed by atoms with Gasteiger partial charge in [-0.3, -0.25) is 14.4 Å². The summed E-state index contributed by atoms with van der Waals surface area (Å²) in [6, 6.07) is 2.31. The Hall–Kier alpha value is -2.12. The third-order valence-electron chi connectivity index (χ3n) is 6.67. The van der Waals surface area contributed by atoms with Crippen LogP contribution < -0.4 is 14.8 Å². The molecule has 7 rings (SSSR count). The first-order valence-corrected chi connectivity index (χ1v) is 12.2. The number of carbonyl (C=O) groups is 2. The Morgan fingerprint density at radius 2 is 2.06 bits per heavy atom. The van der Waals surface area contributed by atoms with Gasteiger partial charge in [-0.05, 0) is 6.07 Å². The summed E-state index contributed by atoms with van der Waals surface area (Å²) < 4.78 is 16.4. The molecule has 0 radical (unpaired) electrons. The second-order valence-corrected chi connectivity index (χ2v) is 10.9. The molecule has 1 aromatic carbocycles. The Balaban J connectivity index is 1.41. The number of benzene rings is 1. The van der Waals surface area contributed by atoms with Gasteiger partial charge < -0.3 is 29.7 Å². The minimum atomic E-state index is -1.35. The fourth-order valence-electron chi connectivity index (χ4n) is 5.00.